The Labute approximate surface area is 321 Å². The maximum atomic E-state index is 16.2. The Kier molecular flexibility index (Phi) is 11.8. The second-order valence-corrected chi connectivity index (χ2v) is 15.9. The minimum atomic E-state index is -6.77. The van der Waals surface area contributed by atoms with E-state index in [2.05, 4.69) is 31.9 Å². The Balaban J connectivity index is 1.80. The van der Waals surface area contributed by atoms with Gasteiger partial charge in [0.15, 0.2) is 5.82 Å². The van der Waals surface area contributed by atoms with Crippen molar-refractivity contribution in [3.8, 4) is 0 Å². The first kappa shape index (κ1) is 42.4. The van der Waals surface area contributed by atoms with Gasteiger partial charge in [-0.1, -0.05) is 26.0 Å². The molecule has 3 aromatic rings. The normalized spacial score (nSPS) is 17.2. The van der Waals surface area contributed by atoms with Crippen LogP contribution in [0.2, 0.25) is 0 Å². The van der Waals surface area contributed by atoms with Crippen molar-refractivity contribution in [3.63, 3.8) is 0 Å². The fraction of sp³-hybridized carbons (Fsp3) is 0.281. The van der Waals surface area contributed by atoms with Crippen molar-refractivity contribution in [2.24, 2.45) is 17.3 Å². The lowest BCUT2D eigenvalue weighted by Gasteiger charge is -2.31. The topological polar surface area (TPSA) is 75.7 Å². The zero-order valence-electron chi connectivity index (χ0n) is 26.2. The summed E-state index contributed by atoms with van der Waals surface area (Å²) in [5.41, 5.74) is -15.8. The molecule has 1 fully saturated rings. The molecule has 2 atom stereocenters. The number of alkyl halides is 10. The molecule has 0 aliphatic heterocycles. The van der Waals surface area contributed by atoms with Crippen molar-refractivity contribution >= 4 is 83.6 Å². The molecule has 1 aliphatic rings. The summed E-state index contributed by atoms with van der Waals surface area (Å²) in [6, 6.07) is 4.93. The third-order valence-corrected chi connectivity index (χ3v) is 9.56. The van der Waals surface area contributed by atoms with E-state index in [-0.39, 0.29) is 16.7 Å². The Bertz CT molecular complexity index is 1960. The number of amides is 2. The van der Waals surface area contributed by atoms with Gasteiger partial charge in [0.25, 0.3) is 11.8 Å². The van der Waals surface area contributed by atoms with Crippen molar-refractivity contribution in [1.29, 1.82) is 0 Å². The number of carbonyl (C=O) groups excluding carboxylic acids is 3. The lowest BCUT2D eigenvalue weighted by atomic mass is 9.92. The summed E-state index contributed by atoms with van der Waals surface area (Å²) in [6.45, 7) is 3.34. The van der Waals surface area contributed by atoms with Gasteiger partial charge in [-0.3, -0.25) is 9.59 Å². The zero-order valence-corrected chi connectivity index (χ0v) is 31.5. The van der Waals surface area contributed by atoms with E-state index in [1.54, 1.807) is 25.2 Å². The number of carbonyl (C=O) groups is 3. The van der Waals surface area contributed by atoms with Crippen LogP contribution in [0.25, 0.3) is 0 Å². The predicted molar refractivity (Wildman–Crippen MR) is 179 cm³/mol. The van der Waals surface area contributed by atoms with Crippen LogP contribution in [-0.2, 0) is 21.5 Å². The second kappa shape index (κ2) is 14.7. The van der Waals surface area contributed by atoms with Crippen LogP contribution in [0.3, 0.4) is 0 Å². The quantitative estimate of drug-likeness (QED) is 0.145. The van der Waals surface area contributed by atoms with Gasteiger partial charge in [0, 0.05) is 14.7 Å². The maximum absolute atomic E-state index is 16.2. The lowest BCUT2D eigenvalue weighted by molar-refractivity contribution is -0.348. The van der Waals surface area contributed by atoms with E-state index in [9.17, 15) is 62.7 Å². The van der Waals surface area contributed by atoms with Crippen LogP contribution in [0, 0.1) is 32.5 Å². The number of anilines is 2. The molecule has 53 heavy (non-hydrogen) atoms. The first-order valence-electron chi connectivity index (χ1n) is 14.3. The van der Waals surface area contributed by atoms with Gasteiger partial charge < -0.3 is 10.2 Å². The molecule has 4 rings (SSSR count). The molecule has 0 aromatic heterocycles. The third-order valence-electron chi connectivity index (χ3n) is 8.18. The minimum Gasteiger partial charge on any atom is -0.332 e. The molecule has 1 N–H and O–H groups in total. The van der Waals surface area contributed by atoms with Crippen molar-refractivity contribution < 1.29 is 71.9 Å². The van der Waals surface area contributed by atoms with Gasteiger partial charge in [-0.15, -0.1) is 5.06 Å². The highest BCUT2D eigenvalue weighted by atomic mass is 127. The number of halogens is 15. The molecule has 1 aliphatic carbocycles. The molecule has 0 heterocycles. The standard InChI is InChI=1S/C32H19Br2F12IN2O4/c1-28(2)17(12-21(33)34)22(28)27(52)53-49(26(51)13-6-8-15(35)9-7-13)20-5-3-4-16(23(20)36)25(50)48-24-18(30(38,39)40)10-14(11-19(24)47)29(37,31(41,42)43)32(44,45)46/h3-12,17,22H,1-2H3,(H,48,50). The molecule has 3 aromatic carbocycles. The van der Waals surface area contributed by atoms with Crippen LogP contribution >= 0.6 is 54.5 Å². The fourth-order valence-electron chi connectivity index (χ4n) is 5.31. The largest absolute Gasteiger partial charge is 0.435 e. The van der Waals surface area contributed by atoms with Gasteiger partial charge in [0.05, 0.1) is 26.1 Å². The molecule has 1 saturated carbocycles. The Morgan fingerprint density at radius 1 is 0.887 bits per heavy atom. The highest BCUT2D eigenvalue weighted by Gasteiger charge is 2.74. The SMILES string of the molecule is CC1(C)C(C=C(Br)Br)C1C(=O)ON(C(=O)c1ccc(F)cc1)c1cccc(C(=O)Nc2c(I)cc(C(F)(C(F)(F)F)C(F)(F)F)cc2C(F)(F)F)c1F. The van der Waals surface area contributed by atoms with Gasteiger partial charge in [-0.2, -0.15) is 39.5 Å². The predicted octanol–water partition coefficient (Wildman–Crippen LogP) is 11.1. The molecule has 0 radical (unpaired) electrons. The van der Waals surface area contributed by atoms with E-state index < -0.39 is 109 Å². The van der Waals surface area contributed by atoms with Gasteiger partial charge >= 0.3 is 30.2 Å². The number of hydroxylamine groups is 1. The summed E-state index contributed by atoms with van der Waals surface area (Å²) in [4.78, 5) is 45.5. The summed E-state index contributed by atoms with van der Waals surface area (Å²) in [7, 11) is 0. The number of nitrogens with one attached hydrogen (secondary N) is 1. The van der Waals surface area contributed by atoms with Crippen LogP contribution in [0.4, 0.5) is 64.1 Å². The van der Waals surface area contributed by atoms with Gasteiger partial charge in [0.2, 0.25) is 0 Å². The van der Waals surface area contributed by atoms with Crippen LogP contribution in [0.5, 0.6) is 0 Å². The van der Waals surface area contributed by atoms with E-state index in [1.807, 2.05) is 0 Å². The number of benzene rings is 3. The maximum Gasteiger partial charge on any atom is 0.435 e. The van der Waals surface area contributed by atoms with Crippen molar-refractivity contribution in [2.75, 3.05) is 10.4 Å². The van der Waals surface area contributed by atoms with E-state index in [0.29, 0.717) is 9.46 Å². The van der Waals surface area contributed by atoms with Crippen molar-refractivity contribution in [3.05, 3.63) is 102 Å². The fourth-order valence-corrected chi connectivity index (χ4v) is 6.64. The molecule has 286 valence electrons. The number of rotatable bonds is 7. The number of allylic oxidation sites excluding steroid dienone is 1. The minimum absolute atomic E-state index is 0.120. The number of hydrogen-bond acceptors (Lipinski definition) is 4. The monoisotopic (exact) mass is 1010 g/mol. The summed E-state index contributed by atoms with van der Waals surface area (Å²) >= 11 is 7.16. The summed E-state index contributed by atoms with van der Waals surface area (Å²) in [6.07, 6.45) is -17.8. The van der Waals surface area contributed by atoms with Gasteiger partial charge in [0.1, 0.15) is 11.5 Å². The Morgan fingerprint density at radius 2 is 1.45 bits per heavy atom. The van der Waals surface area contributed by atoms with E-state index in [1.165, 1.54) is 0 Å². The van der Waals surface area contributed by atoms with E-state index in [4.69, 9.17) is 4.84 Å². The Morgan fingerprint density at radius 3 is 1.96 bits per heavy atom. The highest BCUT2D eigenvalue weighted by molar-refractivity contribution is 14.1. The zero-order chi connectivity index (χ0) is 40.2. The molecule has 0 saturated heterocycles. The summed E-state index contributed by atoms with van der Waals surface area (Å²) in [5, 5.41) is 1.70. The lowest BCUT2D eigenvalue weighted by Crippen LogP contribution is -2.50. The van der Waals surface area contributed by atoms with Gasteiger partial charge in [-0.05, 0) is 114 Å². The van der Waals surface area contributed by atoms with Crippen LogP contribution < -0.4 is 10.4 Å². The first-order chi connectivity index (χ1) is 24.1. The molecule has 2 unspecified atom stereocenters. The van der Waals surface area contributed by atoms with Crippen molar-refractivity contribution in [1.82, 2.24) is 0 Å². The average Bonchev–Trinajstić information content (AvgIpc) is 3.56. The van der Waals surface area contributed by atoms with Crippen LogP contribution in [0.1, 0.15) is 45.7 Å². The molecule has 21 heteroatoms. The van der Waals surface area contributed by atoms with Crippen molar-refractivity contribution in [2.45, 2.75) is 38.0 Å². The summed E-state index contributed by atoms with van der Waals surface area (Å²) in [5.74, 6) is -8.03. The number of hydrogen-bond donors (Lipinski definition) is 1. The Hall–Kier alpha value is -3.34. The summed E-state index contributed by atoms with van der Waals surface area (Å²) < 4.78 is 166. The highest BCUT2D eigenvalue weighted by Crippen LogP contribution is 2.60. The van der Waals surface area contributed by atoms with E-state index >= 15 is 4.39 Å². The second-order valence-electron chi connectivity index (χ2n) is 11.9. The van der Waals surface area contributed by atoms with Crippen LogP contribution in [-0.4, -0.2) is 30.1 Å². The number of nitrogens with zero attached hydrogens (tertiary/aromatic N) is 1. The smallest absolute Gasteiger partial charge is 0.332 e. The first-order valence-corrected chi connectivity index (χ1v) is 17.0. The van der Waals surface area contributed by atoms with Gasteiger partial charge in [-0.25, -0.2) is 18.0 Å². The molecule has 0 bridgehead atoms. The average molecular weight is 1010 g/mol. The van der Waals surface area contributed by atoms with E-state index in [0.717, 1.165) is 59.0 Å². The molecule has 2 amide bonds. The third kappa shape index (κ3) is 8.35. The van der Waals surface area contributed by atoms with Crippen LogP contribution in [0.15, 0.2) is 64.1 Å². The molecule has 0 spiro atoms. The molecular formula is C32H19Br2F12IN2O4. The molecular weight excluding hydrogens is 991 g/mol. The molecule has 6 nitrogen and oxygen atoms in total.